The number of carboxylic acid groups (broad SMARTS) is 1. The van der Waals surface area contributed by atoms with Crippen LogP contribution in [0.2, 0.25) is 5.02 Å². The predicted octanol–water partition coefficient (Wildman–Crippen LogP) is 1.76. The fraction of sp³-hybridized carbons (Fsp3) is 0.333. The molecule has 1 aromatic rings. The summed E-state index contributed by atoms with van der Waals surface area (Å²) in [6.45, 7) is -0.119. The molecule has 7 heteroatoms. The molecule has 0 bridgehead atoms. The van der Waals surface area contributed by atoms with Crippen LogP contribution < -0.4 is 5.73 Å². The van der Waals surface area contributed by atoms with E-state index >= 15 is 0 Å². The zero-order chi connectivity index (χ0) is 12.3. The maximum absolute atomic E-state index is 12.4. The summed E-state index contributed by atoms with van der Waals surface area (Å²) in [5.41, 5.74) is 4.94. The molecule has 0 unspecified atom stereocenters. The van der Waals surface area contributed by atoms with Gasteiger partial charge in [0.25, 0.3) is 6.43 Å². The van der Waals surface area contributed by atoms with Crippen LogP contribution in [0.5, 0.6) is 0 Å². The van der Waals surface area contributed by atoms with Crippen molar-refractivity contribution in [3.63, 3.8) is 0 Å². The Morgan fingerprint density at radius 3 is 2.69 bits per heavy atom. The van der Waals surface area contributed by atoms with Crippen molar-refractivity contribution in [2.75, 3.05) is 0 Å². The molecule has 0 fully saturated rings. The number of hydrogen-bond acceptors (Lipinski definition) is 3. The minimum atomic E-state index is -2.78. The normalized spacial score (nSPS) is 10.8. The van der Waals surface area contributed by atoms with Gasteiger partial charge < -0.3 is 10.8 Å². The topological polar surface area (TPSA) is 76.2 Å². The van der Waals surface area contributed by atoms with Crippen LogP contribution in [0.25, 0.3) is 0 Å². The van der Waals surface area contributed by atoms with E-state index in [1.54, 1.807) is 0 Å². The Hall–Kier alpha value is -1.27. The first-order valence-corrected chi connectivity index (χ1v) is 4.71. The Labute approximate surface area is 95.0 Å². The molecule has 0 aliphatic carbocycles. The summed E-state index contributed by atoms with van der Waals surface area (Å²) >= 11 is 5.78. The highest BCUT2D eigenvalue weighted by molar-refractivity contribution is 6.32. The van der Waals surface area contributed by atoms with Gasteiger partial charge in [0.15, 0.2) is 0 Å². The van der Waals surface area contributed by atoms with Crippen molar-refractivity contribution in [3.05, 3.63) is 28.0 Å². The first-order valence-electron chi connectivity index (χ1n) is 4.34. The lowest BCUT2D eigenvalue weighted by Gasteiger charge is -2.09. The van der Waals surface area contributed by atoms with Crippen LogP contribution in [0.4, 0.5) is 8.78 Å². The summed E-state index contributed by atoms with van der Waals surface area (Å²) < 4.78 is 24.9. The lowest BCUT2D eigenvalue weighted by molar-refractivity contribution is -0.136. The molecule has 0 aromatic carbocycles. The maximum Gasteiger partial charge on any atom is 0.307 e. The summed E-state index contributed by atoms with van der Waals surface area (Å²) in [6.07, 6.45) is -3.22. The third kappa shape index (κ3) is 2.86. The first-order chi connectivity index (χ1) is 7.45. The highest BCUT2D eigenvalue weighted by atomic mass is 35.5. The highest BCUT2D eigenvalue weighted by Gasteiger charge is 2.17. The zero-order valence-electron chi connectivity index (χ0n) is 8.08. The van der Waals surface area contributed by atoms with Crippen molar-refractivity contribution in [1.29, 1.82) is 0 Å². The molecule has 1 aromatic heterocycles. The van der Waals surface area contributed by atoms with E-state index in [2.05, 4.69) is 4.98 Å². The van der Waals surface area contributed by atoms with Crippen molar-refractivity contribution >= 4 is 17.6 Å². The Balaban J connectivity index is 3.24. The van der Waals surface area contributed by atoms with Gasteiger partial charge in [0, 0.05) is 6.54 Å². The minimum absolute atomic E-state index is 0.0364. The molecule has 3 N–H and O–H groups in total. The van der Waals surface area contributed by atoms with Gasteiger partial charge in [-0.1, -0.05) is 11.6 Å². The van der Waals surface area contributed by atoms with Crippen LogP contribution in [0.1, 0.15) is 23.4 Å². The summed E-state index contributed by atoms with van der Waals surface area (Å²) in [4.78, 5) is 14.1. The lowest BCUT2D eigenvalue weighted by Crippen LogP contribution is -2.09. The average molecular weight is 251 g/mol. The van der Waals surface area contributed by atoms with E-state index in [9.17, 15) is 13.6 Å². The second-order valence-corrected chi connectivity index (χ2v) is 3.42. The van der Waals surface area contributed by atoms with Crippen LogP contribution >= 0.6 is 11.6 Å². The molecule has 0 saturated heterocycles. The smallest absolute Gasteiger partial charge is 0.307 e. The Bertz CT molecular complexity index is 413. The molecular formula is C9H9ClF2N2O2. The SMILES string of the molecule is NCc1nc(C(F)F)cc(CC(=O)O)c1Cl. The number of aliphatic carboxylic acids is 1. The van der Waals surface area contributed by atoms with Crippen LogP contribution in [-0.4, -0.2) is 16.1 Å². The second kappa shape index (κ2) is 5.18. The molecule has 0 spiro atoms. The van der Waals surface area contributed by atoms with E-state index in [-0.39, 0.29) is 22.8 Å². The Kier molecular flexibility index (Phi) is 4.14. The molecule has 88 valence electrons. The van der Waals surface area contributed by atoms with Crippen LogP contribution in [-0.2, 0) is 17.8 Å². The van der Waals surface area contributed by atoms with Crippen molar-refractivity contribution in [1.82, 2.24) is 4.98 Å². The number of nitrogens with two attached hydrogens (primary N) is 1. The van der Waals surface area contributed by atoms with Gasteiger partial charge in [0.2, 0.25) is 0 Å². The number of nitrogens with zero attached hydrogens (tertiary/aromatic N) is 1. The van der Waals surface area contributed by atoms with E-state index in [1.165, 1.54) is 0 Å². The van der Waals surface area contributed by atoms with Gasteiger partial charge in [-0.2, -0.15) is 0 Å². The molecule has 4 nitrogen and oxygen atoms in total. The number of rotatable bonds is 4. The van der Waals surface area contributed by atoms with Gasteiger partial charge >= 0.3 is 5.97 Å². The zero-order valence-corrected chi connectivity index (χ0v) is 8.84. The molecular weight excluding hydrogens is 242 g/mol. The van der Waals surface area contributed by atoms with E-state index < -0.39 is 24.5 Å². The maximum atomic E-state index is 12.4. The fourth-order valence-corrected chi connectivity index (χ4v) is 1.44. The Morgan fingerprint density at radius 1 is 1.62 bits per heavy atom. The molecule has 0 aliphatic rings. The number of aromatic nitrogens is 1. The largest absolute Gasteiger partial charge is 0.481 e. The molecule has 0 amide bonds. The number of carbonyl (C=O) groups is 1. The quantitative estimate of drug-likeness (QED) is 0.854. The summed E-state index contributed by atoms with van der Waals surface area (Å²) in [5.74, 6) is -1.16. The second-order valence-electron chi connectivity index (χ2n) is 3.04. The van der Waals surface area contributed by atoms with Crippen LogP contribution in [0.3, 0.4) is 0 Å². The van der Waals surface area contributed by atoms with Gasteiger partial charge in [0.05, 0.1) is 17.1 Å². The standard InChI is InChI=1S/C9H9ClF2N2O2/c10-8-4(2-7(15)16)1-5(9(11)12)14-6(8)3-13/h1,9H,2-3,13H2,(H,15,16). The molecule has 16 heavy (non-hydrogen) atoms. The van der Waals surface area contributed by atoms with E-state index in [4.69, 9.17) is 22.4 Å². The minimum Gasteiger partial charge on any atom is -0.481 e. The molecule has 0 saturated carbocycles. The van der Waals surface area contributed by atoms with E-state index in [1.807, 2.05) is 0 Å². The third-order valence-electron chi connectivity index (χ3n) is 1.88. The van der Waals surface area contributed by atoms with E-state index in [0.717, 1.165) is 6.07 Å². The summed E-state index contributed by atoms with van der Waals surface area (Å²) in [5, 5.41) is 8.62. The molecule has 0 radical (unpaired) electrons. The average Bonchev–Trinajstić information content (AvgIpc) is 2.20. The van der Waals surface area contributed by atoms with Crippen molar-refractivity contribution in [2.24, 2.45) is 5.73 Å². The van der Waals surface area contributed by atoms with Crippen LogP contribution in [0, 0.1) is 0 Å². The van der Waals surface area contributed by atoms with Gasteiger partial charge in [-0.15, -0.1) is 0 Å². The number of alkyl halides is 2. The van der Waals surface area contributed by atoms with Crippen molar-refractivity contribution < 1.29 is 18.7 Å². The van der Waals surface area contributed by atoms with Crippen molar-refractivity contribution in [3.8, 4) is 0 Å². The monoisotopic (exact) mass is 250 g/mol. The lowest BCUT2D eigenvalue weighted by atomic mass is 10.1. The van der Waals surface area contributed by atoms with E-state index in [0.29, 0.717) is 0 Å². The molecule has 0 aliphatic heterocycles. The first kappa shape index (κ1) is 12.8. The predicted molar refractivity (Wildman–Crippen MR) is 53.4 cm³/mol. The fourth-order valence-electron chi connectivity index (χ4n) is 1.20. The van der Waals surface area contributed by atoms with Crippen LogP contribution in [0.15, 0.2) is 6.07 Å². The van der Waals surface area contributed by atoms with Gasteiger partial charge in [0.1, 0.15) is 5.69 Å². The third-order valence-corrected chi connectivity index (χ3v) is 2.34. The molecule has 1 heterocycles. The van der Waals surface area contributed by atoms with Crippen molar-refractivity contribution in [2.45, 2.75) is 19.4 Å². The number of carboxylic acids is 1. The Morgan fingerprint density at radius 2 is 2.25 bits per heavy atom. The molecule has 1 rings (SSSR count). The van der Waals surface area contributed by atoms with Gasteiger partial charge in [-0.3, -0.25) is 4.79 Å². The molecule has 0 atom stereocenters. The van der Waals surface area contributed by atoms with Gasteiger partial charge in [-0.05, 0) is 11.6 Å². The number of halogens is 3. The number of hydrogen-bond donors (Lipinski definition) is 2. The van der Waals surface area contributed by atoms with Gasteiger partial charge in [-0.25, -0.2) is 13.8 Å². The summed E-state index contributed by atoms with van der Waals surface area (Å²) in [6, 6.07) is 0.986. The number of pyridine rings is 1. The highest BCUT2D eigenvalue weighted by Crippen LogP contribution is 2.25. The summed E-state index contributed by atoms with van der Waals surface area (Å²) in [7, 11) is 0.